The molecule has 0 saturated carbocycles. The number of nitrogens with one attached hydrogen (secondary N) is 2. The molecule has 32 heavy (non-hydrogen) atoms. The number of aryl methyl sites for hydroxylation is 1. The fourth-order valence-corrected chi connectivity index (χ4v) is 3.68. The van der Waals surface area contributed by atoms with Gasteiger partial charge in [-0.05, 0) is 30.7 Å². The van der Waals surface area contributed by atoms with E-state index in [0.717, 1.165) is 63.0 Å². The van der Waals surface area contributed by atoms with Crippen LogP contribution in [-0.4, -0.2) is 81.5 Å². The number of anilines is 2. The molecule has 9 heteroatoms. The summed E-state index contributed by atoms with van der Waals surface area (Å²) in [6, 6.07) is 11.3. The lowest BCUT2D eigenvalue weighted by Gasteiger charge is -2.28. The van der Waals surface area contributed by atoms with E-state index in [1.54, 1.807) is 12.1 Å². The Morgan fingerprint density at radius 2 is 1.81 bits per heavy atom. The Balaban J connectivity index is 1.43. The summed E-state index contributed by atoms with van der Waals surface area (Å²) in [7, 11) is 0. The SMILES string of the molecule is Cc1cccc(NNC(=O)c2cc(OCCN3CCOCC3)nc(N3CCOCC3)c2)c1. The first-order chi connectivity index (χ1) is 15.7. The van der Waals surface area contributed by atoms with Crippen LogP contribution in [0.15, 0.2) is 36.4 Å². The molecule has 1 amide bonds. The quantitative estimate of drug-likeness (QED) is 0.599. The lowest BCUT2D eigenvalue weighted by molar-refractivity contribution is 0.0320. The molecular formula is C23H31N5O4. The minimum Gasteiger partial charge on any atom is -0.476 e. The van der Waals surface area contributed by atoms with Crippen LogP contribution < -0.4 is 20.5 Å². The summed E-state index contributed by atoms with van der Waals surface area (Å²) < 4.78 is 16.8. The summed E-state index contributed by atoms with van der Waals surface area (Å²) in [5.74, 6) is 0.919. The number of ether oxygens (including phenoxy) is 3. The van der Waals surface area contributed by atoms with Gasteiger partial charge in [-0.2, -0.15) is 4.98 Å². The van der Waals surface area contributed by atoms with Crippen LogP contribution in [0.25, 0.3) is 0 Å². The second-order valence-electron chi connectivity index (χ2n) is 7.90. The average Bonchev–Trinajstić information content (AvgIpc) is 2.84. The van der Waals surface area contributed by atoms with Crippen LogP contribution in [0.3, 0.4) is 0 Å². The Bertz CT molecular complexity index is 898. The molecule has 3 heterocycles. The molecular weight excluding hydrogens is 410 g/mol. The lowest BCUT2D eigenvalue weighted by Crippen LogP contribution is -2.39. The molecule has 0 unspecified atom stereocenters. The number of amides is 1. The van der Waals surface area contributed by atoms with Crippen LogP contribution in [0, 0.1) is 6.92 Å². The number of morpholine rings is 2. The van der Waals surface area contributed by atoms with E-state index in [9.17, 15) is 4.79 Å². The summed E-state index contributed by atoms with van der Waals surface area (Å²) in [4.78, 5) is 22.0. The molecule has 2 N–H and O–H groups in total. The topological polar surface area (TPSA) is 88.2 Å². The molecule has 4 rings (SSSR count). The van der Waals surface area contributed by atoms with E-state index in [2.05, 4.69) is 25.6 Å². The smallest absolute Gasteiger partial charge is 0.269 e. The van der Waals surface area contributed by atoms with E-state index >= 15 is 0 Å². The van der Waals surface area contributed by atoms with Crippen molar-refractivity contribution in [1.29, 1.82) is 0 Å². The number of pyridine rings is 1. The fraction of sp³-hybridized carbons (Fsp3) is 0.478. The number of rotatable bonds is 8. The molecule has 9 nitrogen and oxygen atoms in total. The number of aromatic nitrogens is 1. The van der Waals surface area contributed by atoms with Gasteiger partial charge in [-0.15, -0.1) is 0 Å². The number of carbonyl (C=O) groups is 1. The van der Waals surface area contributed by atoms with E-state index in [1.807, 2.05) is 31.2 Å². The maximum absolute atomic E-state index is 12.9. The average molecular weight is 442 g/mol. The maximum atomic E-state index is 12.9. The van der Waals surface area contributed by atoms with Crippen molar-refractivity contribution in [3.8, 4) is 5.88 Å². The number of carbonyl (C=O) groups excluding carboxylic acids is 1. The second-order valence-corrected chi connectivity index (χ2v) is 7.90. The van der Waals surface area contributed by atoms with Crippen molar-refractivity contribution >= 4 is 17.4 Å². The molecule has 2 aliphatic rings. The van der Waals surface area contributed by atoms with Gasteiger partial charge in [-0.25, -0.2) is 0 Å². The van der Waals surface area contributed by atoms with Crippen molar-refractivity contribution in [2.75, 3.05) is 76.1 Å². The highest BCUT2D eigenvalue weighted by molar-refractivity contribution is 5.96. The first-order valence-electron chi connectivity index (χ1n) is 11.1. The zero-order valence-electron chi connectivity index (χ0n) is 18.5. The summed E-state index contributed by atoms with van der Waals surface area (Å²) in [6.45, 7) is 9.36. The Morgan fingerprint density at radius 3 is 2.56 bits per heavy atom. The zero-order valence-corrected chi connectivity index (χ0v) is 18.5. The molecule has 0 aliphatic carbocycles. The molecule has 2 aromatic rings. The normalized spacial score (nSPS) is 17.1. The number of benzene rings is 1. The minimum absolute atomic E-state index is 0.249. The van der Waals surface area contributed by atoms with Gasteiger partial charge in [-0.1, -0.05) is 12.1 Å². The molecule has 2 aliphatic heterocycles. The van der Waals surface area contributed by atoms with Crippen molar-refractivity contribution in [3.05, 3.63) is 47.5 Å². The predicted molar refractivity (Wildman–Crippen MR) is 122 cm³/mol. The molecule has 1 aromatic carbocycles. The van der Waals surface area contributed by atoms with Gasteiger partial charge in [0.2, 0.25) is 5.88 Å². The number of hydrogen-bond acceptors (Lipinski definition) is 8. The third-order valence-electron chi connectivity index (χ3n) is 5.49. The van der Waals surface area contributed by atoms with E-state index in [4.69, 9.17) is 14.2 Å². The van der Waals surface area contributed by atoms with Gasteiger partial charge in [0.25, 0.3) is 5.91 Å². The summed E-state index contributed by atoms with van der Waals surface area (Å²) in [5.41, 5.74) is 8.17. The van der Waals surface area contributed by atoms with E-state index in [0.29, 0.717) is 31.3 Å². The van der Waals surface area contributed by atoms with Gasteiger partial charge >= 0.3 is 0 Å². The van der Waals surface area contributed by atoms with Gasteiger partial charge in [0, 0.05) is 38.8 Å². The summed E-state index contributed by atoms with van der Waals surface area (Å²) >= 11 is 0. The molecule has 0 bridgehead atoms. The lowest BCUT2D eigenvalue weighted by atomic mass is 10.2. The number of hydrogen-bond donors (Lipinski definition) is 2. The number of nitrogens with zero attached hydrogens (tertiary/aromatic N) is 3. The Hall–Kier alpha value is -2.88. The summed E-state index contributed by atoms with van der Waals surface area (Å²) in [5, 5.41) is 0. The first kappa shape index (κ1) is 22.3. The van der Waals surface area contributed by atoms with E-state index in [-0.39, 0.29) is 5.91 Å². The first-order valence-corrected chi connectivity index (χ1v) is 11.1. The van der Waals surface area contributed by atoms with Crippen LogP contribution in [0.5, 0.6) is 5.88 Å². The van der Waals surface area contributed by atoms with Crippen LogP contribution in [0.4, 0.5) is 11.5 Å². The molecule has 0 spiro atoms. The Kier molecular flexibility index (Phi) is 7.76. The van der Waals surface area contributed by atoms with E-state index in [1.165, 1.54) is 0 Å². The molecule has 1 aromatic heterocycles. The molecule has 172 valence electrons. The Morgan fingerprint density at radius 1 is 1.06 bits per heavy atom. The summed E-state index contributed by atoms with van der Waals surface area (Å²) in [6.07, 6.45) is 0. The molecule has 2 saturated heterocycles. The highest BCUT2D eigenvalue weighted by Gasteiger charge is 2.18. The fourth-order valence-electron chi connectivity index (χ4n) is 3.68. The van der Waals surface area contributed by atoms with Crippen molar-refractivity contribution in [3.63, 3.8) is 0 Å². The zero-order chi connectivity index (χ0) is 22.2. The van der Waals surface area contributed by atoms with Gasteiger partial charge in [0.05, 0.1) is 37.7 Å². The van der Waals surface area contributed by atoms with Crippen molar-refractivity contribution < 1.29 is 19.0 Å². The maximum Gasteiger partial charge on any atom is 0.269 e. The monoisotopic (exact) mass is 441 g/mol. The largest absolute Gasteiger partial charge is 0.476 e. The minimum atomic E-state index is -0.249. The van der Waals surface area contributed by atoms with Crippen LogP contribution >= 0.6 is 0 Å². The van der Waals surface area contributed by atoms with E-state index < -0.39 is 0 Å². The molecule has 2 fully saturated rings. The van der Waals surface area contributed by atoms with Crippen molar-refractivity contribution in [1.82, 2.24) is 15.3 Å². The van der Waals surface area contributed by atoms with Gasteiger partial charge in [0.15, 0.2) is 0 Å². The highest BCUT2D eigenvalue weighted by Crippen LogP contribution is 2.21. The third-order valence-corrected chi connectivity index (χ3v) is 5.49. The van der Waals surface area contributed by atoms with Crippen LogP contribution in [-0.2, 0) is 9.47 Å². The van der Waals surface area contributed by atoms with Crippen LogP contribution in [0.2, 0.25) is 0 Å². The highest BCUT2D eigenvalue weighted by atomic mass is 16.5. The van der Waals surface area contributed by atoms with Crippen molar-refractivity contribution in [2.24, 2.45) is 0 Å². The predicted octanol–water partition coefficient (Wildman–Crippen LogP) is 1.69. The molecule has 0 radical (unpaired) electrons. The van der Waals surface area contributed by atoms with Crippen molar-refractivity contribution in [2.45, 2.75) is 6.92 Å². The standard InChI is InChI=1S/C23H31N5O4/c1-18-3-2-4-20(15-18)25-26-23(29)19-16-21(28-8-12-31-13-9-28)24-22(17-19)32-14-7-27-5-10-30-11-6-27/h2-4,15-17,25H,5-14H2,1H3,(H,26,29). The Labute approximate surface area is 188 Å². The second kappa shape index (κ2) is 11.1. The van der Waals surface area contributed by atoms with Gasteiger partial charge < -0.3 is 19.1 Å². The van der Waals surface area contributed by atoms with Gasteiger partial charge in [-0.3, -0.25) is 20.5 Å². The number of hydrazine groups is 1. The third kappa shape index (κ3) is 6.32. The molecule has 0 atom stereocenters. The van der Waals surface area contributed by atoms with Gasteiger partial charge in [0.1, 0.15) is 12.4 Å². The van der Waals surface area contributed by atoms with Crippen LogP contribution in [0.1, 0.15) is 15.9 Å².